The monoisotopic (exact) mass is 361 g/mol. The number of carbonyl (C=O) groups excluding carboxylic acids is 1. The highest BCUT2D eigenvalue weighted by molar-refractivity contribution is 5.69. The molecule has 4 rings (SSSR count). The van der Waals surface area contributed by atoms with Gasteiger partial charge in [0.05, 0.1) is 29.8 Å². The second kappa shape index (κ2) is 7.46. The van der Waals surface area contributed by atoms with E-state index in [4.69, 9.17) is 4.74 Å². The van der Waals surface area contributed by atoms with Gasteiger partial charge in [-0.3, -0.25) is 9.88 Å². The Bertz CT molecular complexity index is 979. The summed E-state index contributed by atoms with van der Waals surface area (Å²) in [7, 11) is 0. The van der Waals surface area contributed by atoms with Crippen LogP contribution in [0, 0.1) is 11.3 Å². The molecule has 27 heavy (non-hydrogen) atoms. The number of piperidine rings is 1. The molecular weight excluding hydrogens is 342 g/mol. The van der Waals surface area contributed by atoms with Crippen molar-refractivity contribution in [3.8, 4) is 6.07 Å². The van der Waals surface area contributed by atoms with Gasteiger partial charge in [-0.2, -0.15) is 5.26 Å². The molecule has 0 radical (unpaired) electrons. The lowest BCUT2D eigenvalue weighted by Gasteiger charge is -2.34. The van der Waals surface area contributed by atoms with Crippen molar-refractivity contribution in [1.29, 1.82) is 5.26 Å². The SMILES string of the molecule is N#CC1CC(c2ncn3ccncc23)CCN1C(=O)OCc1ccccc1. The van der Waals surface area contributed by atoms with E-state index in [-0.39, 0.29) is 12.5 Å². The molecule has 7 heteroatoms. The van der Waals surface area contributed by atoms with Crippen LogP contribution in [0.15, 0.2) is 55.2 Å². The normalized spacial score (nSPS) is 19.6. The number of nitriles is 1. The molecule has 7 nitrogen and oxygen atoms in total. The maximum atomic E-state index is 12.5. The van der Waals surface area contributed by atoms with E-state index < -0.39 is 12.1 Å². The Morgan fingerprint density at radius 3 is 3.00 bits per heavy atom. The Labute approximate surface area is 156 Å². The Hall–Kier alpha value is -3.40. The van der Waals surface area contributed by atoms with Crippen molar-refractivity contribution >= 4 is 11.6 Å². The number of hydrogen-bond donors (Lipinski definition) is 0. The number of likely N-dealkylation sites (tertiary alicyclic amines) is 1. The molecule has 2 aromatic heterocycles. The fourth-order valence-corrected chi connectivity index (χ4v) is 3.53. The first-order chi connectivity index (χ1) is 13.3. The molecule has 0 spiro atoms. The van der Waals surface area contributed by atoms with Crippen LogP contribution in [0.4, 0.5) is 4.79 Å². The Morgan fingerprint density at radius 1 is 1.33 bits per heavy atom. The number of aromatic nitrogens is 3. The molecule has 3 aromatic rings. The van der Waals surface area contributed by atoms with Gasteiger partial charge in [-0.1, -0.05) is 30.3 Å². The minimum atomic E-state index is -0.527. The molecule has 136 valence electrons. The first kappa shape index (κ1) is 17.0. The standard InChI is InChI=1S/C20H19N5O2/c21-11-17-10-16(19-18-12-22-7-9-24(18)14-23-19)6-8-25(17)20(26)27-13-15-4-2-1-3-5-15/h1-5,7,9,12,14,16-17H,6,8,10,13H2. The highest BCUT2D eigenvalue weighted by Crippen LogP contribution is 2.33. The highest BCUT2D eigenvalue weighted by Gasteiger charge is 2.34. The molecule has 2 unspecified atom stereocenters. The Morgan fingerprint density at radius 2 is 2.19 bits per heavy atom. The summed E-state index contributed by atoms with van der Waals surface area (Å²) < 4.78 is 7.32. The molecule has 0 N–H and O–H groups in total. The van der Waals surface area contributed by atoms with Gasteiger partial charge >= 0.3 is 6.09 Å². The first-order valence-electron chi connectivity index (χ1n) is 8.90. The first-order valence-corrected chi connectivity index (χ1v) is 8.90. The fraction of sp³-hybridized carbons (Fsp3) is 0.300. The smallest absolute Gasteiger partial charge is 0.411 e. The van der Waals surface area contributed by atoms with E-state index in [2.05, 4.69) is 16.0 Å². The van der Waals surface area contributed by atoms with Gasteiger partial charge in [-0.05, 0) is 18.4 Å². The lowest BCUT2D eigenvalue weighted by molar-refractivity contribution is 0.0755. The van der Waals surface area contributed by atoms with E-state index in [1.165, 1.54) is 4.90 Å². The van der Waals surface area contributed by atoms with Crippen molar-refractivity contribution in [3.05, 3.63) is 66.5 Å². The predicted octanol–water partition coefficient (Wildman–Crippen LogP) is 3.14. The van der Waals surface area contributed by atoms with Crippen LogP contribution in [0.2, 0.25) is 0 Å². The number of benzene rings is 1. The third-order valence-corrected chi connectivity index (χ3v) is 4.95. The van der Waals surface area contributed by atoms with Gasteiger partial charge in [0, 0.05) is 24.9 Å². The molecule has 1 saturated heterocycles. The number of fused-ring (bicyclic) bond motifs is 1. The molecule has 2 atom stereocenters. The van der Waals surface area contributed by atoms with E-state index in [9.17, 15) is 10.1 Å². The van der Waals surface area contributed by atoms with Crippen LogP contribution in [0.1, 0.15) is 30.0 Å². The van der Waals surface area contributed by atoms with Crippen LogP contribution in [0.25, 0.3) is 5.52 Å². The minimum Gasteiger partial charge on any atom is -0.445 e. The highest BCUT2D eigenvalue weighted by atomic mass is 16.6. The van der Waals surface area contributed by atoms with Crippen molar-refractivity contribution < 1.29 is 9.53 Å². The van der Waals surface area contributed by atoms with E-state index in [0.29, 0.717) is 13.0 Å². The molecule has 1 fully saturated rings. The van der Waals surface area contributed by atoms with Crippen LogP contribution < -0.4 is 0 Å². The third-order valence-electron chi connectivity index (χ3n) is 4.95. The Kier molecular flexibility index (Phi) is 4.71. The van der Waals surface area contributed by atoms with Crippen LogP contribution in [-0.4, -0.2) is 37.9 Å². The maximum Gasteiger partial charge on any atom is 0.411 e. The number of amides is 1. The van der Waals surface area contributed by atoms with E-state index in [0.717, 1.165) is 23.2 Å². The summed E-state index contributed by atoms with van der Waals surface area (Å²) in [6, 6.07) is 11.2. The zero-order valence-electron chi connectivity index (χ0n) is 14.7. The quantitative estimate of drug-likeness (QED) is 0.716. The number of imidazole rings is 1. The summed E-state index contributed by atoms with van der Waals surface area (Å²) in [4.78, 5) is 22.7. The molecule has 0 aliphatic carbocycles. The van der Waals surface area contributed by atoms with Gasteiger partial charge in [0.1, 0.15) is 12.6 Å². The van der Waals surface area contributed by atoms with Gasteiger partial charge in [-0.25, -0.2) is 9.78 Å². The number of carbonyl (C=O) groups is 1. The van der Waals surface area contributed by atoms with Crippen LogP contribution in [0.5, 0.6) is 0 Å². The van der Waals surface area contributed by atoms with Crippen molar-refractivity contribution in [2.24, 2.45) is 0 Å². The summed E-state index contributed by atoms with van der Waals surface area (Å²) in [6.45, 7) is 0.672. The number of rotatable bonds is 3. The van der Waals surface area contributed by atoms with Crippen molar-refractivity contribution in [3.63, 3.8) is 0 Å². The van der Waals surface area contributed by atoms with Gasteiger partial charge in [-0.15, -0.1) is 0 Å². The second-order valence-electron chi connectivity index (χ2n) is 6.60. The zero-order chi connectivity index (χ0) is 18.6. The summed E-state index contributed by atoms with van der Waals surface area (Å²) in [5, 5.41) is 9.59. The molecule has 1 amide bonds. The largest absolute Gasteiger partial charge is 0.445 e. The summed E-state index contributed by atoms with van der Waals surface area (Å²) in [5.41, 5.74) is 2.80. The maximum absolute atomic E-state index is 12.5. The summed E-state index contributed by atoms with van der Waals surface area (Å²) in [5.74, 6) is 0.113. The number of nitrogens with zero attached hydrogens (tertiary/aromatic N) is 5. The fourth-order valence-electron chi connectivity index (χ4n) is 3.53. The minimum absolute atomic E-state index is 0.113. The topological polar surface area (TPSA) is 83.5 Å². The van der Waals surface area contributed by atoms with Crippen LogP contribution in [0.3, 0.4) is 0 Å². The van der Waals surface area contributed by atoms with Gasteiger partial charge in [0.25, 0.3) is 0 Å². The lowest BCUT2D eigenvalue weighted by Crippen LogP contribution is -2.45. The van der Waals surface area contributed by atoms with Crippen LogP contribution in [-0.2, 0) is 11.3 Å². The molecule has 1 aliphatic heterocycles. The van der Waals surface area contributed by atoms with Gasteiger partial charge < -0.3 is 9.14 Å². The predicted molar refractivity (Wildman–Crippen MR) is 97.7 cm³/mol. The van der Waals surface area contributed by atoms with Crippen molar-refractivity contribution in [1.82, 2.24) is 19.3 Å². The van der Waals surface area contributed by atoms with Crippen molar-refractivity contribution in [2.75, 3.05) is 6.54 Å². The van der Waals surface area contributed by atoms with Crippen molar-refractivity contribution in [2.45, 2.75) is 31.4 Å². The number of hydrogen-bond acceptors (Lipinski definition) is 5. The average Bonchev–Trinajstić information content (AvgIpc) is 3.16. The third kappa shape index (κ3) is 3.47. The summed E-state index contributed by atoms with van der Waals surface area (Å²) >= 11 is 0. The lowest BCUT2D eigenvalue weighted by atomic mass is 9.88. The van der Waals surface area contributed by atoms with E-state index in [1.807, 2.05) is 40.9 Å². The number of ether oxygens (including phenoxy) is 1. The molecular formula is C20H19N5O2. The molecule has 0 saturated carbocycles. The van der Waals surface area contributed by atoms with E-state index >= 15 is 0 Å². The second-order valence-corrected chi connectivity index (χ2v) is 6.60. The Balaban J connectivity index is 1.44. The molecule has 1 aromatic carbocycles. The molecule has 1 aliphatic rings. The molecule has 3 heterocycles. The average molecular weight is 361 g/mol. The van der Waals surface area contributed by atoms with Gasteiger partial charge in [0.15, 0.2) is 0 Å². The zero-order valence-corrected chi connectivity index (χ0v) is 14.7. The summed E-state index contributed by atoms with van der Waals surface area (Å²) in [6.07, 6.45) is 7.93. The van der Waals surface area contributed by atoms with Gasteiger partial charge in [0.2, 0.25) is 0 Å². The molecule has 0 bridgehead atoms. The van der Waals surface area contributed by atoms with E-state index in [1.54, 1.807) is 18.7 Å². The van der Waals surface area contributed by atoms with Crippen LogP contribution >= 0.6 is 0 Å².